The van der Waals surface area contributed by atoms with E-state index in [1.807, 2.05) is 0 Å². The van der Waals surface area contributed by atoms with Crippen LogP contribution >= 0.6 is 0 Å². The summed E-state index contributed by atoms with van der Waals surface area (Å²) in [7, 11) is 0. The first-order valence-corrected chi connectivity index (χ1v) is 3.40. The maximum Gasteiger partial charge on any atom is 0.139 e. The van der Waals surface area contributed by atoms with Crippen LogP contribution in [0.15, 0.2) is 18.3 Å². The molecule has 1 aromatic carbocycles. The van der Waals surface area contributed by atoms with E-state index < -0.39 is 0 Å². The highest BCUT2D eigenvalue weighted by molar-refractivity contribution is 5.84. The van der Waals surface area contributed by atoms with E-state index in [2.05, 4.69) is 5.10 Å². The minimum Gasteiger partial charge on any atom is -0.506 e. The zero-order valence-electron chi connectivity index (χ0n) is 6.23. The molecule has 12 heavy (non-hydrogen) atoms. The summed E-state index contributed by atoms with van der Waals surface area (Å²) in [5.74, 6) is 5.51. The Kier molecular flexibility index (Phi) is 1.15. The van der Waals surface area contributed by atoms with Crippen LogP contribution in [0.1, 0.15) is 0 Å². The van der Waals surface area contributed by atoms with Crippen molar-refractivity contribution in [2.75, 3.05) is 11.6 Å². The van der Waals surface area contributed by atoms with Crippen molar-refractivity contribution in [1.82, 2.24) is 9.89 Å². The zero-order valence-corrected chi connectivity index (χ0v) is 6.23. The lowest BCUT2D eigenvalue weighted by atomic mass is 10.2. The van der Waals surface area contributed by atoms with Gasteiger partial charge in [0.2, 0.25) is 0 Å². The van der Waals surface area contributed by atoms with E-state index in [9.17, 15) is 5.11 Å². The number of aromatic hydroxyl groups is 1. The van der Waals surface area contributed by atoms with Crippen molar-refractivity contribution in [3.63, 3.8) is 0 Å². The standard InChI is InChI=1S/C7H8N4O/c8-5-2-6-4(1-7(5)12)3-10-11(6)9/h1-3,12H,8-9H2. The molecule has 0 amide bonds. The fourth-order valence-electron chi connectivity index (χ4n) is 1.10. The largest absolute Gasteiger partial charge is 0.506 e. The molecule has 0 saturated heterocycles. The fraction of sp³-hybridized carbons (Fsp3) is 0. The topological polar surface area (TPSA) is 90.1 Å². The summed E-state index contributed by atoms with van der Waals surface area (Å²) in [6, 6.07) is 3.11. The molecule has 5 nitrogen and oxygen atoms in total. The van der Waals surface area contributed by atoms with Crippen LogP contribution in [0, 0.1) is 0 Å². The molecule has 0 atom stereocenters. The van der Waals surface area contributed by atoms with E-state index >= 15 is 0 Å². The molecule has 0 aliphatic carbocycles. The third-order valence-electron chi connectivity index (χ3n) is 1.74. The third kappa shape index (κ3) is 0.763. The highest BCUT2D eigenvalue weighted by Crippen LogP contribution is 2.25. The number of phenolic OH excluding ortho intramolecular Hbond substituents is 1. The second-order valence-electron chi connectivity index (χ2n) is 2.56. The molecular formula is C7H8N4O. The first-order chi connectivity index (χ1) is 5.68. The summed E-state index contributed by atoms with van der Waals surface area (Å²) in [4.78, 5) is 1.21. The number of nitrogen functional groups attached to an aromatic ring is 2. The summed E-state index contributed by atoms with van der Waals surface area (Å²) in [6.45, 7) is 0. The quantitative estimate of drug-likeness (QED) is 0.291. The highest BCUT2D eigenvalue weighted by Gasteiger charge is 2.03. The molecule has 2 rings (SSSR count). The minimum atomic E-state index is 0.0514. The molecule has 0 spiro atoms. The van der Waals surface area contributed by atoms with E-state index in [4.69, 9.17) is 11.6 Å². The van der Waals surface area contributed by atoms with Gasteiger partial charge in [-0.1, -0.05) is 0 Å². The second kappa shape index (κ2) is 2.04. The summed E-state index contributed by atoms with van der Waals surface area (Å²) >= 11 is 0. The molecule has 0 saturated carbocycles. The zero-order chi connectivity index (χ0) is 8.72. The van der Waals surface area contributed by atoms with E-state index in [1.165, 1.54) is 10.9 Å². The number of anilines is 1. The molecule has 2 aromatic rings. The predicted molar refractivity (Wildman–Crippen MR) is 46.0 cm³/mol. The van der Waals surface area contributed by atoms with Gasteiger partial charge in [0.05, 0.1) is 17.4 Å². The van der Waals surface area contributed by atoms with Crippen molar-refractivity contribution < 1.29 is 5.11 Å². The van der Waals surface area contributed by atoms with Crippen molar-refractivity contribution >= 4 is 16.6 Å². The van der Waals surface area contributed by atoms with Crippen molar-refractivity contribution in [3.8, 4) is 5.75 Å². The molecule has 0 radical (unpaired) electrons. The van der Waals surface area contributed by atoms with E-state index in [1.54, 1.807) is 12.3 Å². The SMILES string of the molecule is Nc1cc2c(cnn2N)cc1O. The predicted octanol–water partition coefficient (Wildman–Crippen LogP) is 0.0379. The monoisotopic (exact) mass is 164 g/mol. The van der Waals surface area contributed by atoms with Gasteiger partial charge in [0.15, 0.2) is 0 Å². The van der Waals surface area contributed by atoms with Crippen LogP contribution in [0.5, 0.6) is 5.75 Å². The van der Waals surface area contributed by atoms with Crippen molar-refractivity contribution in [3.05, 3.63) is 18.3 Å². The maximum atomic E-state index is 9.22. The molecule has 5 N–H and O–H groups in total. The lowest BCUT2D eigenvalue weighted by molar-refractivity contribution is 0.479. The number of rotatable bonds is 0. The Balaban J connectivity index is 2.87. The van der Waals surface area contributed by atoms with E-state index in [-0.39, 0.29) is 5.75 Å². The molecule has 0 aliphatic rings. The molecule has 1 aromatic heterocycles. The average Bonchev–Trinajstić information content (AvgIpc) is 2.35. The second-order valence-corrected chi connectivity index (χ2v) is 2.56. The van der Waals surface area contributed by atoms with Crippen molar-refractivity contribution in [1.29, 1.82) is 0 Å². The van der Waals surface area contributed by atoms with Gasteiger partial charge in [-0.25, -0.2) is 0 Å². The highest BCUT2D eigenvalue weighted by atomic mass is 16.3. The maximum absolute atomic E-state index is 9.22. The molecule has 0 fully saturated rings. The van der Waals surface area contributed by atoms with Crippen LogP contribution in [0.2, 0.25) is 0 Å². The Hall–Kier alpha value is -1.91. The first-order valence-electron chi connectivity index (χ1n) is 3.40. The minimum absolute atomic E-state index is 0.0514. The van der Waals surface area contributed by atoms with Gasteiger partial charge in [-0.05, 0) is 12.1 Å². The van der Waals surface area contributed by atoms with E-state index in [0.29, 0.717) is 11.2 Å². The smallest absolute Gasteiger partial charge is 0.139 e. The summed E-state index contributed by atoms with van der Waals surface area (Å²) < 4.78 is 0. The summed E-state index contributed by atoms with van der Waals surface area (Å²) in [6.07, 6.45) is 1.56. The molecule has 0 aliphatic heterocycles. The van der Waals surface area contributed by atoms with Crippen LogP contribution in [0.25, 0.3) is 10.9 Å². The number of hydrogen-bond acceptors (Lipinski definition) is 4. The molecule has 1 heterocycles. The number of nitrogens with two attached hydrogens (primary N) is 2. The summed E-state index contributed by atoms with van der Waals surface area (Å²) in [5, 5.41) is 13.8. The fourth-order valence-corrected chi connectivity index (χ4v) is 1.10. The van der Waals surface area contributed by atoms with Gasteiger partial charge < -0.3 is 16.7 Å². The Labute approximate surface area is 68.2 Å². The molecule has 0 unspecified atom stereocenters. The summed E-state index contributed by atoms with van der Waals surface area (Å²) in [5.41, 5.74) is 6.47. The molecular weight excluding hydrogens is 156 g/mol. The van der Waals surface area contributed by atoms with Gasteiger partial charge in [-0.2, -0.15) is 9.89 Å². The van der Waals surface area contributed by atoms with Crippen LogP contribution in [0.4, 0.5) is 5.69 Å². The van der Waals surface area contributed by atoms with Gasteiger partial charge in [-0.15, -0.1) is 0 Å². The Bertz CT molecular complexity index is 434. The number of nitrogens with zero attached hydrogens (tertiary/aromatic N) is 2. The van der Waals surface area contributed by atoms with Crippen LogP contribution in [-0.2, 0) is 0 Å². The van der Waals surface area contributed by atoms with Crippen LogP contribution < -0.4 is 11.6 Å². The average molecular weight is 164 g/mol. The van der Waals surface area contributed by atoms with Gasteiger partial charge in [0, 0.05) is 5.39 Å². The van der Waals surface area contributed by atoms with Gasteiger partial charge in [0.25, 0.3) is 0 Å². The molecule has 62 valence electrons. The van der Waals surface area contributed by atoms with Crippen molar-refractivity contribution in [2.45, 2.75) is 0 Å². The van der Waals surface area contributed by atoms with Crippen LogP contribution in [-0.4, -0.2) is 15.0 Å². The number of phenols is 1. The Morgan fingerprint density at radius 3 is 2.92 bits per heavy atom. The first kappa shape index (κ1) is 6.78. The lowest BCUT2D eigenvalue weighted by Gasteiger charge is -1.98. The van der Waals surface area contributed by atoms with Gasteiger partial charge >= 0.3 is 0 Å². The van der Waals surface area contributed by atoms with Crippen LogP contribution in [0.3, 0.4) is 0 Å². The number of fused-ring (bicyclic) bond motifs is 1. The Morgan fingerprint density at radius 2 is 2.17 bits per heavy atom. The number of hydrogen-bond donors (Lipinski definition) is 3. The number of benzene rings is 1. The van der Waals surface area contributed by atoms with Crippen molar-refractivity contribution in [2.24, 2.45) is 0 Å². The van der Waals surface area contributed by atoms with E-state index in [0.717, 1.165) is 5.39 Å². The molecule has 0 bridgehead atoms. The molecule has 5 heteroatoms. The number of aromatic nitrogens is 2. The van der Waals surface area contributed by atoms with Gasteiger partial charge in [0.1, 0.15) is 5.75 Å². The van der Waals surface area contributed by atoms with Gasteiger partial charge in [-0.3, -0.25) is 0 Å². The lowest BCUT2D eigenvalue weighted by Crippen LogP contribution is -2.08. The third-order valence-corrected chi connectivity index (χ3v) is 1.74. The normalized spacial score (nSPS) is 10.7. The Morgan fingerprint density at radius 1 is 1.42 bits per heavy atom.